The maximum absolute atomic E-state index is 9.75. The Hall–Kier alpha value is -0.600. The van der Waals surface area contributed by atoms with Crippen molar-refractivity contribution in [3.63, 3.8) is 0 Å². The van der Waals surface area contributed by atoms with Crippen LogP contribution < -0.4 is 0 Å². The summed E-state index contributed by atoms with van der Waals surface area (Å²) in [5.41, 5.74) is 0. The van der Waals surface area contributed by atoms with Crippen molar-refractivity contribution in [3.05, 3.63) is 0 Å². The van der Waals surface area contributed by atoms with E-state index >= 15 is 0 Å². The molecule has 1 rings (SSSR count). The molecule has 0 aromatic heterocycles. The zero-order valence-corrected chi connectivity index (χ0v) is 12.8. The number of hydrogen-bond donors (Lipinski definition) is 1. The van der Waals surface area contributed by atoms with E-state index in [1.807, 2.05) is 0 Å². The average Bonchev–Trinajstić information content (AvgIpc) is 2.47. The van der Waals surface area contributed by atoms with Crippen molar-refractivity contribution in [2.45, 2.75) is 70.4 Å². The molecule has 1 unspecified atom stereocenters. The molecule has 0 spiro atoms. The van der Waals surface area contributed by atoms with Crippen LogP contribution in [0.15, 0.2) is 0 Å². The monoisotopic (exact) mass is 284 g/mol. The van der Waals surface area contributed by atoms with Gasteiger partial charge < -0.3 is 19.3 Å². The molecule has 1 fully saturated rings. The number of hydrogen-bond acceptors (Lipinski definition) is 4. The van der Waals surface area contributed by atoms with Gasteiger partial charge in [-0.3, -0.25) is 0 Å². The predicted molar refractivity (Wildman–Crippen MR) is 78.3 cm³/mol. The number of aliphatic hydroxyl groups excluding tert-OH is 1. The molecule has 4 nitrogen and oxygen atoms in total. The average molecular weight is 284 g/mol. The highest BCUT2D eigenvalue weighted by Crippen LogP contribution is 2.13. The van der Waals surface area contributed by atoms with Crippen LogP contribution >= 0.6 is 0 Å². The summed E-state index contributed by atoms with van der Waals surface area (Å²) in [7, 11) is 1.66. The largest absolute Gasteiger partial charge is 0.393 e. The van der Waals surface area contributed by atoms with Gasteiger partial charge in [-0.05, 0) is 25.7 Å². The first kappa shape index (κ1) is 17.5. The summed E-state index contributed by atoms with van der Waals surface area (Å²) in [5, 5.41) is 9.75. The van der Waals surface area contributed by atoms with Gasteiger partial charge in [0.2, 0.25) is 0 Å². The Kier molecular flexibility index (Phi) is 9.69. The van der Waals surface area contributed by atoms with Gasteiger partial charge in [0.05, 0.1) is 12.2 Å². The van der Waals surface area contributed by atoms with E-state index in [9.17, 15) is 5.11 Å². The van der Waals surface area contributed by atoms with Gasteiger partial charge in [0, 0.05) is 26.6 Å². The second kappa shape index (κ2) is 11.1. The molecule has 0 aliphatic carbocycles. The Morgan fingerprint density at radius 1 is 1.35 bits per heavy atom. The van der Waals surface area contributed by atoms with Crippen LogP contribution in [0.2, 0.25) is 0 Å². The minimum atomic E-state index is -0.293. The van der Waals surface area contributed by atoms with E-state index in [-0.39, 0.29) is 18.5 Å². The summed E-state index contributed by atoms with van der Waals surface area (Å²) >= 11 is 0. The predicted octanol–water partition coefficient (Wildman–Crippen LogP) is 2.49. The maximum Gasteiger partial charge on any atom is 0.158 e. The highest BCUT2D eigenvalue weighted by Gasteiger charge is 2.13. The summed E-state index contributed by atoms with van der Waals surface area (Å²) in [5.74, 6) is 6.05. The quantitative estimate of drug-likeness (QED) is 0.696. The van der Waals surface area contributed by atoms with Crippen LogP contribution in [-0.4, -0.2) is 43.9 Å². The third kappa shape index (κ3) is 7.86. The first-order valence-corrected chi connectivity index (χ1v) is 7.66. The second-order valence-corrected chi connectivity index (χ2v) is 5.20. The van der Waals surface area contributed by atoms with E-state index in [0.29, 0.717) is 19.4 Å². The van der Waals surface area contributed by atoms with E-state index < -0.39 is 0 Å². The van der Waals surface area contributed by atoms with Gasteiger partial charge in [-0.1, -0.05) is 25.2 Å². The highest BCUT2D eigenvalue weighted by atomic mass is 16.7. The maximum atomic E-state index is 9.75. The molecule has 0 aromatic carbocycles. The summed E-state index contributed by atoms with van der Waals surface area (Å²) in [6.45, 7) is 3.26. The smallest absolute Gasteiger partial charge is 0.158 e. The van der Waals surface area contributed by atoms with Crippen molar-refractivity contribution >= 4 is 0 Å². The molecule has 0 aromatic rings. The number of rotatable bonds is 8. The van der Waals surface area contributed by atoms with Crippen LogP contribution in [0.4, 0.5) is 0 Å². The lowest BCUT2D eigenvalue weighted by Gasteiger charge is -2.21. The van der Waals surface area contributed by atoms with Gasteiger partial charge in [-0.15, -0.1) is 0 Å². The molecule has 0 bridgehead atoms. The molecular weight excluding hydrogens is 256 g/mol. The molecule has 1 aliphatic rings. The Morgan fingerprint density at radius 3 is 2.85 bits per heavy atom. The highest BCUT2D eigenvalue weighted by molar-refractivity contribution is 5.01. The molecule has 4 heteroatoms. The zero-order valence-electron chi connectivity index (χ0n) is 12.8. The van der Waals surface area contributed by atoms with Gasteiger partial charge in [0.15, 0.2) is 6.29 Å². The molecule has 0 saturated carbocycles. The third-order valence-corrected chi connectivity index (χ3v) is 3.42. The van der Waals surface area contributed by atoms with Crippen LogP contribution in [-0.2, 0) is 14.2 Å². The molecule has 1 heterocycles. The molecule has 3 atom stereocenters. The summed E-state index contributed by atoms with van der Waals surface area (Å²) in [6.07, 6.45) is 5.95. The number of ether oxygens (including phenoxy) is 3. The Morgan fingerprint density at radius 2 is 2.20 bits per heavy atom. The van der Waals surface area contributed by atoms with Crippen molar-refractivity contribution in [2.24, 2.45) is 0 Å². The van der Waals surface area contributed by atoms with Crippen LogP contribution in [0.1, 0.15) is 51.9 Å². The minimum Gasteiger partial charge on any atom is -0.393 e. The molecule has 116 valence electrons. The summed E-state index contributed by atoms with van der Waals surface area (Å²) < 4.78 is 16.3. The molecule has 1 N–H and O–H groups in total. The molecule has 1 aliphatic heterocycles. The topological polar surface area (TPSA) is 47.9 Å². The van der Waals surface area contributed by atoms with Crippen molar-refractivity contribution in [1.82, 2.24) is 0 Å². The fourth-order valence-electron chi connectivity index (χ4n) is 2.23. The van der Waals surface area contributed by atoms with Gasteiger partial charge in [-0.2, -0.15) is 0 Å². The fraction of sp³-hybridized carbons (Fsp3) is 0.875. The standard InChI is InChI=1S/C16H28O4/c1-3-8-14(17)13-15(18-2)9-4-6-11-19-16-10-5-7-12-20-16/h14-17H,3,5,7-13H2,1-2H3/t14-,15-,16?/m0/s1. The van der Waals surface area contributed by atoms with E-state index in [4.69, 9.17) is 14.2 Å². The van der Waals surface area contributed by atoms with E-state index in [2.05, 4.69) is 18.8 Å². The van der Waals surface area contributed by atoms with Gasteiger partial charge in [-0.25, -0.2) is 0 Å². The zero-order chi connectivity index (χ0) is 14.6. The first-order valence-electron chi connectivity index (χ1n) is 7.66. The van der Waals surface area contributed by atoms with Crippen molar-refractivity contribution < 1.29 is 19.3 Å². The van der Waals surface area contributed by atoms with E-state index in [1.165, 1.54) is 6.42 Å². The normalized spacial score (nSPS) is 21.9. The molecule has 1 saturated heterocycles. The number of methoxy groups -OCH3 is 1. The minimum absolute atomic E-state index is 0.00465. The molecule has 0 radical (unpaired) electrons. The molecule has 0 amide bonds. The van der Waals surface area contributed by atoms with Gasteiger partial charge >= 0.3 is 0 Å². The second-order valence-electron chi connectivity index (χ2n) is 5.20. The van der Waals surface area contributed by atoms with Gasteiger partial charge in [0.1, 0.15) is 6.61 Å². The van der Waals surface area contributed by atoms with Crippen molar-refractivity contribution in [3.8, 4) is 11.8 Å². The Labute approximate surface area is 122 Å². The van der Waals surface area contributed by atoms with Crippen LogP contribution in [0.25, 0.3) is 0 Å². The van der Waals surface area contributed by atoms with Crippen molar-refractivity contribution in [2.75, 3.05) is 20.3 Å². The van der Waals surface area contributed by atoms with E-state index in [1.54, 1.807) is 7.11 Å². The lowest BCUT2D eigenvalue weighted by Crippen LogP contribution is -2.22. The van der Waals surface area contributed by atoms with Crippen LogP contribution in [0, 0.1) is 11.8 Å². The van der Waals surface area contributed by atoms with Gasteiger partial charge in [0.25, 0.3) is 0 Å². The Balaban J connectivity index is 2.14. The SMILES string of the molecule is CCC[C@H](O)C[C@H](CC#CCOC1CCCCO1)OC. The first-order chi connectivity index (χ1) is 9.76. The van der Waals surface area contributed by atoms with E-state index in [0.717, 1.165) is 32.3 Å². The third-order valence-electron chi connectivity index (χ3n) is 3.42. The lowest BCUT2D eigenvalue weighted by molar-refractivity contribution is -0.154. The summed E-state index contributed by atoms with van der Waals surface area (Å²) in [4.78, 5) is 0. The molecule has 20 heavy (non-hydrogen) atoms. The van der Waals surface area contributed by atoms with Crippen molar-refractivity contribution in [1.29, 1.82) is 0 Å². The van der Waals surface area contributed by atoms with Crippen LogP contribution in [0.3, 0.4) is 0 Å². The van der Waals surface area contributed by atoms with Crippen LogP contribution in [0.5, 0.6) is 0 Å². The molecular formula is C16H28O4. The summed E-state index contributed by atoms with van der Waals surface area (Å²) in [6, 6.07) is 0. The Bertz CT molecular complexity index is 289. The fourth-order valence-corrected chi connectivity index (χ4v) is 2.23. The lowest BCUT2D eigenvalue weighted by atomic mass is 10.1. The number of aliphatic hydroxyl groups is 1.